The topological polar surface area (TPSA) is 25.8 Å². The Labute approximate surface area is 274 Å². The summed E-state index contributed by atoms with van der Waals surface area (Å²) in [4.78, 5) is 9.80. The Morgan fingerprint density at radius 1 is 0.478 bits per heavy atom. The maximum Gasteiger partial charge on any atom is 0.0713 e. The molecule has 6 aromatic rings. The molecule has 0 saturated heterocycles. The van der Waals surface area contributed by atoms with Gasteiger partial charge in [0.2, 0.25) is 0 Å². The number of aromatic nitrogens is 2. The molecule has 0 aliphatic heterocycles. The summed E-state index contributed by atoms with van der Waals surface area (Å²) in [5, 5.41) is 0. The zero-order chi connectivity index (χ0) is 32.2. The Bertz CT molecular complexity index is 1950. The van der Waals surface area contributed by atoms with Crippen LogP contribution in [0, 0.1) is 10.8 Å². The Morgan fingerprint density at radius 2 is 1.02 bits per heavy atom. The van der Waals surface area contributed by atoms with Crippen molar-refractivity contribution in [2.24, 2.45) is 10.8 Å². The normalized spacial score (nSPS) is 14.0. The summed E-state index contributed by atoms with van der Waals surface area (Å²) in [5.74, 6) is 0. The van der Waals surface area contributed by atoms with Crippen LogP contribution in [0.5, 0.6) is 0 Å². The van der Waals surface area contributed by atoms with E-state index in [-0.39, 0.29) is 16.2 Å². The first kappa shape index (κ1) is 29.9. The molecule has 0 amide bonds. The van der Waals surface area contributed by atoms with Crippen LogP contribution in [0.3, 0.4) is 0 Å². The standard InChI is InChI=1S/C44H42N2/c1-41(2,3)44(42(4,5)6,40-26-12-14-28-46-40)34-20-16-19-33(30-34)43(32-18-15-17-31(29-32)39-25-11-13-27-45-39)37-23-9-7-21-35(37)36-22-8-10-24-38(36)43/h7-30H,1-6H3. The molecule has 4 aromatic carbocycles. The van der Waals surface area contributed by atoms with Crippen molar-refractivity contribution in [3.05, 3.63) is 179 Å². The Hall–Kier alpha value is -4.82. The molecule has 0 atom stereocenters. The van der Waals surface area contributed by atoms with Crippen LogP contribution in [-0.4, -0.2) is 9.97 Å². The van der Waals surface area contributed by atoms with Crippen LogP contribution in [0.15, 0.2) is 146 Å². The van der Waals surface area contributed by atoms with E-state index < -0.39 is 5.41 Å². The zero-order valence-corrected chi connectivity index (χ0v) is 27.8. The molecule has 0 unspecified atom stereocenters. The lowest BCUT2D eigenvalue weighted by Gasteiger charge is -2.54. The van der Waals surface area contributed by atoms with Gasteiger partial charge in [0.1, 0.15) is 0 Å². The van der Waals surface area contributed by atoms with Gasteiger partial charge in [-0.05, 0) is 80.1 Å². The van der Waals surface area contributed by atoms with Gasteiger partial charge in [-0.3, -0.25) is 9.97 Å². The molecule has 0 saturated carbocycles. The Balaban J connectivity index is 1.59. The van der Waals surface area contributed by atoms with Crippen molar-refractivity contribution in [3.63, 3.8) is 0 Å². The van der Waals surface area contributed by atoms with Crippen molar-refractivity contribution in [1.29, 1.82) is 0 Å². The molecule has 2 heterocycles. The van der Waals surface area contributed by atoms with Crippen LogP contribution in [0.25, 0.3) is 22.4 Å². The van der Waals surface area contributed by atoms with Crippen LogP contribution in [0.4, 0.5) is 0 Å². The number of fused-ring (bicyclic) bond motifs is 3. The summed E-state index contributed by atoms with van der Waals surface area (Å²) in [6.45, 7) is 14.2. The number of pyridine rings is 2. The van der Waals surface area contributed by atoms with Gasteiger partial charge in [0, 0.05) is 23.4 Å². The summed E-state index contributed by atoms with van der Waals surface area (Å²) in [5.41, 5.74) is 11.0. The fraction of sp³-hybridized carbons (Fsp3) is 0.227. The number of hydrogen-bond acceptors (Lipinski definition) is 2. The highest BCUT2D eigenvalue weighted by Crippen LogP contribution is 2.60. The third-order valence-electron chi connectivity index (χ3n) is 10.2. The van der Waals surface area contributed by atoms with Crippen LogP contribution < -0.4 is 0 Å². The monoisotopic (exact) mass is 598 g/mol. The second kappa shape index (κ2) is 10.9. The lowest BCUT2D eigenvalue weighted by Crippen LogP contribution is -2.52. The van der Waals surface area contributed by atoms with Gasteiger partial charge in [0.05, 0.1) is 16.8 Å². The predicted molar refractivity (Wildman–Crippen MR) is 191 cm³/mol. The molecule has 228 valence electrons. The van der Waals surface area contributed by atoms with Gasteiger partial charge < -0.3 is 0 Å². The molecule has 0 N–H and O–H groups in total. The van der Waals surface area contributed by atoms with Crippen molar-refractivity contribution < 1.29 is 0 Å². The summed E-state index contributed by atoms with van der Waals surface area (Å²) in [7, 11) is 0. The summed E-state index contributed by atoms with van der Waals surface area (Å²) in [6, 6.07) is 48.9. The highest BCUT2D eigenvalue weighted by molar-refractivity contribution is 5.86. The third-order valence-corrected chi connectivity index (χ3v) is 10.2. The fourth-order valence-electron chi connectivity index (χ4n) is 8.95. The first-order valence-electron chi connectivity index (χ1n) is 16.3. The summed E-state index contributed by atoms with van der Waals surface area (Å²) in [6.07, 6.45) is 3.82. The molecule has 1 aliphatic rings. The molecule has 2 heteroatoms. The SMILES string of the molecule is CC(C)(C)C(c1cccc(C2(c3cccc(-c4ccccn4)c3)c3ccccc3-c3ccccc32)c1)(c1ccccn1)C(C)(C)C. The van der Waals surface area contributed by atoms with Crippen molar-refractivity contribution >= 4 is 0 Å². The van der Waals surface area contributed by atoms with E-state index in [0.29, 0.717) is 0 Å². The lowest BCUT2D eigenvalue weighted by molar-refractivity contribution is 0.0864. The Kier molecular flexibility index (Phi) is 7.09. The van der Waals surface area contributed by atoms with Crippen LogP contribution in [-0.2, 0) is 10.8 Å². The Morgan fingerprint density at radius 3 is 1.59 bits per heavy atom. The fourth-order valence-corrected chi connectivity index (χ4v) is 8.95. The molecule has 2 nitrogen and oxygen atoms in total. The van der Waals surface area contributed by atoms with Gasteiger partial charge in [0.15, 0.2) is 0 Å². The van der Waals surface area contributed by atoms with Crippen molar-refractivity contribution in [1.82, 2.24) is 9.97 Å². The minimum Gasteiger partial charge on any atom is -0.260 e. The highest BCUT2D eigenvalue weighted by Gasteiger charge is 2.55. The molecular formula is C44H42N2. The second-order valence-corrected chi connectivity index (χ2v) is 14.7. The van der Waals surface area contributed by atoms with Gasteiger partial charge in [-0.2, -0.15) is 0 Å². The van der Waals surface area contributed by atoms with Crippen molar-refractivity contribution in [3.8, 4) is 22.4 Å². The molecule has 0 spiro atoms. The van der Waals surface area contributed by atoms with Gasteiger partial charge in [0.25, 0.3) is 0 Å². The summed E-state index contributed by atoms with van der Waals surface area (Å²) < 4.78 is 0. The van der Waals surface area contributed by atoms with Gasteiger partial charge in [-0.15, -0.1) is 0 Å². The van der Waals surface area contributed by atoms with E-state index in [0.717, 1.165) is 17.0 Å². The van der Waals surface area contributed by atoms with Crippen LogP contribution in [0.1, 0.15) is 75.1 Å². The molecule has 0 fully saturated rings. The lowest BCUT2D eigenvalue weighted by atomic mass is 9.49. The average Bonchev–Trinajstić information content (AvgIpc) is 3.36. The van der Waals surface area contributed by atoms with E-state index >= 15 is 0 Å². The minimum atomic E-state index is -0.528. The molecule has 2 aromatic heterocycles. The maximum absolute atomic E-state index is 5.07. The van der Waals surface area contributed by atoms with Gasteiger partial charge in [-0.25, -0.2) is 0 Å². The highest BCUT2D eigenvalue weighted by atomic mass is 14.7. The van der Waals surface area contributed by atoms with E-state index in [1.54, 1.807) is 0 Å². The van der Waals surface area contributed by atoms with Gasteiger partial charge in [-0.1, -0.05) is 145 Å². The number of rotatable bonds is 5. The van der Waals surface area contributed by atoms with Crippen molar-refractivity contribution in [2.75, 3.05) is 0 Å². The molecule has 0 bridgehead atoms. The third kappa shape index (κ3) is 4.31. The molecule has 46 heavy (non-hydrogen) atoms. The maximum atomic E-state index is 5.07. The largest absolute Gasteiger partial charge is 0.260 e. The van der Waals surface area contributed by atoms with E-state index in [1.807, 2.05) is 24.5 Å². The summed E-state index contributed by atoms with van der Waals surface area (Å²) >= 11 is 0. The first-order valence-corrected chi connectivity index (χ1v) is 16.3. The van der Waals surface area contributed by atoms with E-state index in [9.17, 15) is 0 Å². The molecule has 7 rings (SSSR count). The van der Waals surface area contributed by atoms with Crippen LogP contribution in [0.2, 0.25) is 0 Å². The van der Waals surface area contributed by atoms with Crippen LogP contribution >= 0.6 is 0 Å². The first-order chi connectivity index (χ1) is 22.1. The van der Waals surface area contributed by atoms with Gasteiger partial charge >= 0.3 is 0 Å². The molecule has 0 radical (unpaired) electrons. The number of hydrogen-bond donors (Lipinski definition) is 0. The van der Waals surface area contributed by atoms with E-state index in [1.165, 1.54) is 38.9 Å². The minimum absolute atomic E-state index is 0.143. The number of benzene rings is 4. The van der Waals surface area contributed by atoms with Crippen molar-refractivity contribution in [2.45, 2.75) is 52.4 Å². The smallest absolute Gasteiger partial charge is 0.0713 e. The average molecular weight is 599 g/mol. The second-order valence-electron chi connectivity index (χ2n) is 14.7. The predicted octanol–water partition coefficient (Wildman–Crippen LogP) is 10.9. The number of nitrogens with zero attached hydrogens (tertiary/aromatic N) is 2. The quantitative estimate of drug-likeness (QED) is 0.197. The zero-order valence-electron chi connectivity index (χ0n) is 27.8. The van der Waals surface area contributed by atoms with E-state index in [4.69, 9.17) is 9.97 Å². The van der Waals surface area contributed by atoms with E-state index in [2.05, 4.69) is 163 Å². The molecular weight excluding hydrogens is 556 g/mol. The molecule has 1 aliphatic carbocycles.